The summed E-state index contributed by atoms with van der Waals surface area (Å²) in [7, 11) is 0. The van der Waals surface area contributed by atoms with E-state index in [2.05, 4.69) is 128 Å². The number of aromatic nitrogens is 5. The highest BCUT2D eigenvalue weighted by molar-refractivity contribution is 9.10. The molecule has 6 rings (SSSR count). The number of fused-ring (bicyclic) bond motifs is 2. The van der Waals surface area contributed by atoms with E-state index >= 15 is 0 Å². The summed E-state index contributed by atoms with van der Waals surface area (Å²) in [4.78, 5) is 0. The molecule has 5 nitrogen and oxygen atoms in total. The summed E-state index contributed by atoms with van der Waals surface area (Å²) >= 11 is 3.84. The maximum Gasteiger partial charge on any atom is 0.153 e. The highest BCUT2D eigenvalue weighted by atomic mass is 79.9. The third-order valence-corrected chi connectivity index (χ3v) is 8.18. The van der Waals surface area contributed by atoms with Crippen molar-refractivity contribution in [3.05, 3.63) is 106 Å². The quantitative estimate of drug-likeness (QED) is 0.175. The van der Waals surface area contributed by atoms with Crippen molar-refractivity contribution in [2.24, 2.45) is 0 Å². The smallest absolute Gasteiger partial charge is 0.153 e. The fraction of sp³-hybridized carbons (Fsp3) is 0.219. The van der Waals surface area contributed by atoms with E-state index in [1.807, 2.05) is 6.92 Å². The Balaban J connectivity index is 1.54. The van der Waals surface area contributed by atoms with Crippen molar-refractivity contribution in [1.82, 2.24) is 24.8 Å². The second-order valence-corrected chi connectivity index (χ2v) is 10.6. The predicted molar refractivity (Wildman–Crippen MR) is 159 cm³/mol. The topological polar surface area (TPSA) is 48.5 Å². The molecule has 4 aromatic carbocycles. The molecule has 0 fully saturated rings. The van der Waals surface area contributed by atoms with Gasteiger partial charge in [-0.3, -0.25) is 0 Å². The van der Waals surface area contributed by atoms with Crippen molar-refractivity contribution in [3.63, 3.8) is 0 Å². The predicted octanol–water partition coefficient (Wildman–Crippen LogP) is 8.29. The van der Waals surface area contributed by atoms with E-state index in [1.54, 1.807) is 4.68 Å². The van der Waals surface area contributed by atoms with Crippen LogP contribution in [0.5, 0.6) is 0 Å². The van der Waals surface area contributed by atoms with Gasteiger partial charge in [0.15, 0.2) is 5.82 Å². The number of halogens is 1. The molecule has 0 atom stereocenters. The molecule has 0 saturated carbocycles. The van der Waals surface area contributed by atoms with Crippen molar-refractivity contribution in [2.75, 3.05) is 0 Å². The van der Waals surface area contributed by atoms with E-state index in [9.17, 15) is 0 Å². The van der Waals surface area contributed by atoms with Gasteiger partial charge in [0.1, 0.15) is 0 Å². The molecule has 0 radical (unpaired) electrons. The molecule has 0 aliphatic heterocycles. The first-order valence-electron chi connectivity index (χ1n) is 13.3. The monoisotopic (exact) mass is 563 g/mol. The van der Waals surface area contributed by atoms with Crippen LogP contribution in [0, 0.1) is 6.92 Å². The molecular formula is C32H30BrN5. The minimum absolute atomic E-state index is 0.754. The fourth-order valence-corrected chi connectivity index (χ4v) is 6.15. The standard InChI is InChI=1S/C32H30BrN5/c1-3-4-6-14-28-27-13-9-10-15-29(27)37(21-23-11-7-5-8-12-23)32(28)25-16-18-26-24(20-25)17-19-30(31(26)33)38-22(2)34-35-36-38/h5,7-13,15-20H,3-4,6,14,21H2,1-2H3. The maximum absolute atomic E-state index is 4.16. The summed E-state index contributed by atoms with van der Waals surface area (Å²) in [6.45, 7) is 5.01. The fourth-order valence-electron chi connectivity index (χ4n) is 5.49. The van der Waals surface area contributed by atoms with Gasteiger partial charge in [-0.25, -0.2) is 0 Å². The lowest BCUT2D eigenvalue weighted by Gasteiger charge is -2.15. The van der Waals surface area contributed by atoms with Crippen LogP contribution < -0.4 is 0 Å². The van der Waals surface area contributed by atoms with Crippen molar-refractivity contribution < 1.29 is 0 Å². The Kier molecular flexibility index (Phi) is 6.81. The number of rotatable bonds is 8. The number of aryl methyl sites for hydroxylation is 2. The van der Waals surface area contributed by atoms with Crippen LogP contribution >= 0.6 is 15.9 Å². The minimum Gasteiger partial charge on any atom is -0.336 e. The van der Waals surface area contributed by atoms with Crippen LogP contribution in [0.25, 0.3) is 38.6 Å². The van der Waals surface area contributed by atoms with Crippen molar-refractivity contribution in [3.8, 4) is 16.9 Å². The molecule has 0 unspecified atom stereocenters. The van der Waals surface area contributed by atoms with Gasteiger partial charge < -0.3 is 4.57 Å². The first kappa shape index (κ1) is 24.6. The maximum atomic E-state index is 4.16. The zero-order valence-electron chi connectivity index (χ0n) is 21.7. The lowest BCUT2D eigenvalue weighted by molar-refractivity contribution is 0.717. The van der Waals surface area contributed by atoms with E-state index in [1.165, 1.54) is 57.9 Å². The molecule has 0 aliphatic carbocycles. The summed E-state index contributed by atoms with van der Waals surface area (Å²) in [5, 5.41) is 15.7. The Hall–Kier alpha value is -3.77. The highest BCUT2D eigenvalue weighted by Gasteiger charge is 2.20. The Morgan fingerprint density at radius 2 is 1.66 bits per heavy atom. The van der Waals surface area contributed by atoms with Crippen LogP contribution in [-0.2, 0) is 13.0 Å². The van der Waals surface area contributed by atoms with Crippen molar-refractivity contribution in [2.45, 2.75) is 46.1 Å². The molecule has 6 heteroatoms. The molecule has 0 N–H and O–H groups in total. The van der Waals surface area contributed by atoms with Crippen LogP contribution in [0.1, 0.15) is 43.1 Å². The van der Waals surface area contributed by atoms with Crippen LogP contribution in [-0.4, -0.2) is 24.8 Å². The first-order valence-corrected chi connectivity index (χ1v) is 14.1. The molecule has 0 bridgehead atoms. The average molecular weight is 565 g/mol. The van der Waals surface area contributed by atoms with Gasteiger partial charge in [0.05, 0.1) is 15.9 Å². The summed E-state index contributed by atoms with van der Waals surface area (Å²) in [6, 6.07) is 30.7. The number of para-hydroxylation sites is 1. The summed E-state index contributed by atoms with van der Waals surface area (Å²) in [6.07, 6.45) is 4.72. The van der Waals surface area contributed by atoms with Gasteiger partial charge in [0.25, 0.3) is 0 Å². The van der Waals surface area contributed by atoms with E-state index in [-0.39, 0.29) is 0 Å². The summed E-state index contributed by atoms with van der Waals surface area (Å²) in [5.41, 5.74) is 7.55. The number of tetrazole rings is 1. The Bertz CT molecular complexity index is 1730. The largest absolute Gasteiger partial charge is 0.336 e. The number of benzene rings is 4. The third-order valence-electron chi connectivity index (χ3n) is 7.35. The molecule has 0 saturated heterocycles. The van der Waals surface area contributed by atoms with Crippen molar-refractivity contribution in [1.29, 1.82) is 0 Å². The Labute approximate surface area is 231 Å². The molecule has 190 valence electrons. The van der Waals surface area contributed by atoms with Crippen LogP contribution in [0.2, 0.25) is 0 Å². The molecule has 0 aliphatic rings. The molecule has 6 aromatic rings. The van der Waals surface area contributed by atoms with Gasteiger partial charge in [-0.05, 0) is 91.8 Å². The van der Waals surface area contributed by atoms with E-state index in [0.29, 0.717) is 0 Å². The van der Waals surface area contributed by atoms with Gasteiger partial charge in [-0.1, -0.05) is 86.5 Å². The molecule has 38 heavy (non-hydrogen) atoms. The van der Waals surface area contributed by atoms with Crippen LogP contribution in [0.3, 0.4) is 0 Å². The SMILES string of the molecule is CCCCCc1c(-c2ccc3c(Br)c(-n4nnnc4C)ccc3c2)n(Cc2ccccc2)c2ccccc12. The third kappa shape index (κ3) is 4.43. The van der Waals surface area contributed by atoms with E-state index in [0.717, 1.165) is 34.3 Å². The number of hydrogen-bond acceptors (Lipinski definition) is 3. The minimum atomic E-state index is 0.754. The highest BCUT2D eigenvalue weighted by Crippen LogP contribution is 2.39. The van der Waals surface area contributed by atoms with Crippen LogP contribution in [0.4, 0.5) is 0 Å². The normalized spacial score (nSPS) is 11.6. The van der Waals surface area contributed by atoms with E-state index in [4.69, 9.17) is 0 Å². The molecular weight excluding hydrogens is 534 g/mol. The average Bonchev–Trinajstić information content (AvgIpc) is 3.50. The zero-order valence-corrected chi connectivity index (χ0v) is 23.3. The molecule has 0 amide bonds. The van der Waals surface area contributed by atoms with Gasteiger partial charge in [0, 0.05) is 17.4 Å². The summed E-state index contributed by atoms with van der Waals surface area (Å²) in [5.74, 6) is 0.754. The molecule has 2 heterocycles. The summed E-state index contributed by atoms with van der Waals surface area (Å²) < 4.78 is 5.27. The van der Waals surface area contributed by atoms with Gasteiger partial charge >= 0.3 is 0 Å². The van der Waals surface area contributed by atoms with Gasteiger partial charge in [-0.15, -0.1) is 5.10 Å². The Morgan fingerprint density at radius 3 is 2.45 bits per heavy atom. The zero-order chi connectivity index (χ0) is 26.1. The molecule has 2 aromatic heterocycles. The molecule has 0 spiro atoms. The number of unbranched alkanes of at least 4 members (excludes halogenated alkanes) is 2. The lowest BCUT2D eigenvalue weighted by atomic mass is 9.97. The Morgan fingerprint density at radius 1 is 0.842 bits per heavy atom. The second kappa shape index (κ2) is 10.5. The number of hydrogen-bond donors (Lipinski definition) is 0. The van der Waals surface area contributed by atoms with Crippen LogP contribution in [0.15, 0.2) is 89.4 Å². The van der Waals surface area contributed by atoms with Gasteiger partial charge in [0.2, 0.25) is 0 Å². The van der Waals surface area contributed by atoms with E-state index < -0.39 is 0 Å². The number of nitrogens with zero attached hydrogens (tertiary/aromatic N) is 5. The van der Waals surface area contributed by atoms with Gasteiger partial charge in [-0.2, -0.15) is 4.68 Å². The van der Waals surface area contributed by atoms with Crippen molar-refractivity contribution >= 4 is 37.6 Å². The second-order valence-electron chi connectivity index (χ2n) is 9.85. The first-order chi connectivity index (χ1) is 18.7. The lowest BCUT2D eigenvalue weighted by Crippen LogP contribution is -2.03.